The van der Waals surface area contributed by atoms with E-state index in [1.165, 1.54) is 5.92 Å². The molecule has 0 aromatic heterocycles. The van der Waals surface area contributed by atoms with Crippen LogP contribution < -0.4 is 24.0 Å². The van der Waals surface area contributed by atoms with E-state index in [1.807, 2.05) is 0 Å². The number of rotatable bonds is 1. The predicted octanol–water partition coefficient (Wildman–Crippen LogP) is -1.63. The molecule has 0 amide bonds. The SMILES string of the molecule is [Hg+][CH2]C1CC1.[I-]. The Morgan fingerprint density at radius 1 is 1.50 bits per heavy atom. The van der Waals surface area contributed by atoms with Crippen LogP contribution in [0.25, 0.3) is 0 Å². The molecule has 0 aliphatic heterocycles. The van der Waals surface area contributed by atoms with Crippen molar-refractivity contribution in [1.29, 1.82) is 0 Å². The molecule has 0 bridgehead atoms. The van der Waals surface area contributed by atoms with Crippen molar-refractivity contribution in [2.75, 3.05) is 0 Å². The number of halogens is 1. The molecular formula is C4H7HgI. The molecule has 0 N–H and O–H groups in total. The summed E-state index contributed by atoms with van der Waals surface area (Å²) in [6, 6.07) is 0. The van der Waals surface area contributed by atoms with Gasteiger partial charge in [-0.25, -0.2) is 0 Å². The van der Waals surface area contributed by atoms with Gasteiger partial charge in [-0.15, -0.1) is 0 Å². The van der Waals surface area contributed by atoms with Gasteiger partial charge in [-0.2, -0.15) is 0 Å². The molecule has 1 aliphatic carbocycles. The fraction of sp³-hybridized carbons (Fsp3) is 1.00. The monoisotopic (exact) mass is 384 g/mol. The van der Waals surface area contributed by atoms with Gasteiger partial charge in [0.25, 0.3) is 0 Å². The van der Waals surface area contributed by atoms with Crippen LogP contribution in [0.4, 0.5) is 0 Å². The summed E-state index contributed by atoms with van der Waals surface area (Å²) in [7, 11) is 0. The van der Waals surface area contributed by atoms with E-state index in [4.69, 9.17) is 0 Å². The number of hydrogen-bond acceptors (Lipinski definition) is 0. The summed E-state index contributed by atoms with van der Waals surface area (Å²) in [5, 5.41) is 0. The summed E-state index contributed by atoms with van der Waals surface area (Å²) in [4.78, 5) is 0. The molecule has 0 aromatic rings. The minimum atomic E-state index is 0. The van der Waals surface area contributed by atoms with E-state index >= 15 is 0 Å². The molecule has 0 spiro atoms. The average molecular weight is 383 g/mol. The first-order chi connectivity index (χ1) is 2.43. The van der Waals surface area contributed by atoms with Crippen LogP contribution in [0.3, 0.4) is 0 Å². The smallest absolute Gasteiger partial charge is 1.00 e. The predicted molar refractivity (Wildman–Crippen MR) is 17.5 cm³/mol. The van der Waals surface area contributed by atoms with E-state index in [0.717, 1.165) is 26.1 Å². The molecule has 1 fully saturated rings. The molecule has 0 nitrogen and oxygen atoms in total. The topological polar surface area (TPSA) is 0 Å². The zero-order chi connectivity index (χ0) is 3.70. The van der Waals surface area contributed by atoms with Gasteiger partial charge in [-0.1, -0.05) is 0 Å². The van der Waals surface area contributed by atoms with Crippen molar-refractivity contribution in [2.24, 2.45) is 5.92 Å². The first-order valence-electron chi connectivity index (χ1n) is 2.22. The van der Waals surface area contributed by atoms with Gasteiger partial charge in [0.15, 0.2) is 0 Å². The van der Waals surface area contributed by atoms with Gasteiger partial charge < -0.3 is 24.0 Å². The van der Waals surface area contributed by atoms with E-state index < -0.39 is 0 Å². The summed E-state index contributed by atoms with van der Waals surface area (Å²) in [5.41, 5.74) is 0. The van der Waals surface area contributed by atoms with Gasteiger partial charge in [0.2, 0.25) is 0 Å². The van der Waals surface area contributed by atoms with Crippen LogP contribution in [0.15, 0.2) is 0 Å². The fourth-order valence-electron chi connectivity index (χ4n) is 0.407. The Kier molecular flexibility index (Phi) is 4.65. The van der Waals surface area contributed by atoms with Crippen LogP contribution in [0, 0.1) is 5.92 Å². The van der Waals surface area contributed by atoms with Crippen LogP contribution >= 0.6 is 0 Å². The van der Waals surface area contributed by atoms with E-state index in [1.54, 1.807) is 16.8 Å². The van der Waals surface area contributed by atoms with Crippen molar-refractivity contribution in [1.82, 2.24) is 0 Å². The van der Waals surface area contributed by atoms with Crippen molar-refractivity contribution in [3.8, 4) is 0 Å². The standard InChI is InChI=1S/C4H7.Hg.HI/c1-4-2-3-4;;/h4H,1-3H2;;1H/q;+1;/p-1. The molecule has 0 radical (unpaired) electrons. The zero-order valence-corrected chi connectivity index (χ0v) is 11.4. The molecule has 0 unspecified atom stereocenters. The van der Waals surface area contributed by atoms with Crippen LogP contribution in [0.2, 0.25) is 3.93 Å². The minimum Gasteiger partial charge on any atom is -1.00 e. The van der Waals surface area contributed by atoms with Crippen LogP contribution in [0.5, 0.6) is 0 Å². The van der Waals surface area contributed by atoms with Gasteiger partial charge in [0, 0.05) is 0 Å². The molecule has 1 saturated carbocycles. The second kappa shape index (κ2) is 3.64. The Bertz CT molecular complexity index is 34.5. The summed E-state index contributed by atoms with van der Waals surface area (Å²) in [6.07, 6.45) is 3.12. The third kappa shape index (κ3) is 2.78. The summed E-state index contributed by atoms with van der Waals surface area (Å²) < 4.78 is 1.61. The molecule has 6 heavy (non-hydrogen) atoms. The van der Waals surface area contributed by atoms with Crippen LogP contribution in [-0.2, 0) is 26.1 Å². The molecule has 1 rings (SSSR count). The minimum absolute atomic E-state index is 0. The summed E-state index contributed by atoms with van der Waals surface area (Å²) in [5.74, 6) is 1.22. The van der Waals surface area contributed by atoms with Crippen LogP contribution in [-0.4, -0.2) is 0 Å². The zero-order valence-electron chi connectivity index (χ0n) is 3.78. The summed E-state index contributed by atoms with van der Waals surface area (Å²) >= 11 is 1.11. The Hall–Kier alpha value is 1.67. The molecule has 0 heterocycles. The third-order valence-corrected chi connectivity index (χ3v) is 4.28. The largest absolute Gasteiger partial charge is 1.00 e. The maximum Gasteiger partial charge on any atom is -1.00 e. The molecule has 0 saturated heterocycles. The number of hydrogen-bond donors (Lipinski definition) is 0. The van der Waals surface area contributed by atoms with Gasteiger partial charge in [0.1, 0.15) is 0 Å². The average Bonchev–Trinajstić information content (AvgIpc) is 2.12. The molecule has 0 aromatic carbocycles. The summed E-state index contributed by atoms with van der Waals surface area (Å²) in [6.45, 7) is 0. The van der Waals surface area contributed by atoms with Gasteiger partial charge in [-0.3, -0.25) is 0 Å². The van der Waals surface area contributed by atoms with E-state index in [0.29, 0.717) is 0 Å². The maximum absolute atomic E-state index is 1.61. The van der Waals surface area contributed by atoms with Crippen molar-refractivity contribution < 1.29 is 50.1 Å². The van der Waals surface area contributed by atoms with Gasteiger partial charge >= 0.3 is 48.8 Å². The van der Waals surface area contributed by atoms with E-state index in [-0.39, 0.29) is 24.0 Å². The van der Waals surface area contributed by atoms with Crippen molar-refractivity contribution in [3.05, 3.63) is 0 Å². The second-order valence-electron chi connectivity index (χ2n) is 1.73. The van der Waals surface area contributed by atoms with Crippen molar-refractivity contribution in [2.45, 2.75) is 16.8 Å². The molecule has 2 heteroatoms. The van der Waals surface area contributed by atoms with Crippen molar-refractivity contribution >= 4 is 0 Å². The molecule has 32 valence electrons. The van der Waals surface area contributed by atoms with E-state index in [2.05, 4.69) is 0 Å². The van der Waals surface area contributed by atoms with Crippen LogP contribution in [0.1, 0.15) is 12.8 Å². The Labute approximate surface area is 72.1 Å². The first kappa shape index (κ1) is 7.67. The van der Waals surface area contributed by atoms with Gasteiger partial charge in [-0.05, 0) is 0 Å². The third-order valence-electron chi connectivity index (χ3n) is 1.11. The fourth-order valence-corrected chi connectivity index (χ4v) is 2.65. The Morgan fingerprint density at radius 3 is 2.00 bits per heavy atom. The van der Waals surface area contributed by atoms with E-state index in [9.17, 15) is 0 Å². The quantitative estimate of drug-likeness (QED) is 0.377. The second-order valence-corrected chi connectivity index (χ2v) is 3.98. The van der Waals surface area contributed by atoms with Gasteiger partial charge in [0.05, 0.1) is 0 Å². The van der Waals surface area contributed by atoms with Crippen molar-refractivity contribution in [3.63, 3.8) is 0 Å². The maximum atomic E-state index is 1.61. The Balaban J connectivity index is 0.000000250. The molecular weight excluding hydrogens is 376 g/mol. The first-order valence-corrected chi connectivity index (χ1v) is 6.11. The molecule has 0 atom stereocenters. The molecule has 1 aliphatic rings. The normalized spacial score (nSPS) is 19.7. The Morgan fingerprint density at radius 2 is 2.00 bits per heavy atom.